The van der Waals surface area contributed by atoms with Crippen LogP contribution in [0.5, 0.6) is 11.5 Å². The van der Waals surface area contributed by atoms with Gasteiger partial charge < -0.3 is 9.05 Å². The number of nitro benzene ring substituents is 1. The first-order valence-corrected chi connectivity index (χ1v) is 8.72. The molecule has 6 nitrogen and oxygen atoms in total. The number of nitro groups is 1. The monoisotopic (exact) mass is 322 g/mol. The number of aryl methyl sites for hydroxylation is 1. The van der Waals surface area contributed by atoms with Gasteiger partial charge in [-0.15, -0.1) is 0 Å². The summed E-state index contributed by atoms with van der Waals surface area (Å²) in [6, 6.07) is 11.5. The van der Waals surface area contributed by atoms with Gasteiger partial charge >= 0.3 is 6.64 Å². The molecule has 0 aliphatic carbocycles. The van der Waals surface area contributed by atoms with Gasteiger partial charge in [0.2, 0.25) is 0 Å². The average Bonchev–Trinajstić information content (AvgIpc) is 2.74. The molecule has 108 valence electrons. The number of hydrogen-bond acceptors (Lipinski definition) is 5. The summed E-state index contributed by atoms with van der Waals surface area (Å²) in [4.78, 5) is 10.2. The fraction of sp³-hybridized carbons (Fsp3) is 0.0769. The van der Waals surface area contributed by atoms with E-state index in [-0.39, 0.29) is 5.69 Å². The summed E-state index contributed by atoms with van der Waals surface area (Å²) in [5, 5.41) is 13.6. The quantitative estimate of drug-likeness (QED) is 0.523. The molecular formula is C13H11N2O4PS. The van der Waals surface area contributed by atoms with E-state index < -0.39 is 11.6 Å². The van der Waals surface area contributed by atoms with Crippen LogP contribution in [0.15, 0.2) is 42.5 Å². The fourth-order valence-corrected chi connectivity index (χ4v) is 4.10. The van der Waals surface area contributed by atoms with Gasteiger partial charge in [-0.2, -0.15) is 0 Å². The Morgan fingerprint density at radius 2 is 1.81 bits per heavy atom. The summed E-state index contributed by atoms with van der Waals surface area (Å²) in [6.07, 6.45) is 0. The highest BCUT2D eigenvalue weighted by Gasteiger charge is 2.32. The Morgan fingerprint density at radius 1 is 1.14 bits per heavy atom. The highest BCUT2D eigenvalue weighted by Crippen LogP contribution is 2.58. The van der Waals surface area contributed by atoms with E-state index in [0.717, 1.165) is 5.56 Å². The summed E-state index contributed by atoms with van der Waals surface area (Å²) in [5.41, 5.74) is 1.69. The predicted octanol–water partition coefficient (Wildman–Crippen LogP) is 4.01. The average molecular weight is 322 g/mol. The van der Waals surface area contributed by atoms with E-state index in [1.54, 1.807) is 12.1 Å². The van der Waals surface area contributed by atoms with Gasteiger partial charge in [-0.05, 0) is 36.8 Å². The van der Waals surface area contributed by atoms with E-state index in [1.165, 1.54) is 12.1 Å². The SMILES string of the molecule is Cc1ccc2c(c1)OP(=S)(Nc1ccc([N+](=O)[O-])cc1)O2. The minimum Gasteiger partial charge on any atom is -0.417 e. The maximum absolute atomic E-state index is 10.6. The van der Waals surface area contributed by atoms with Crippen LogP contribution in [0.25, 0.3) is 0 Å². The number of non-ortho nitro benzene ring substituents is 1. The molecule has 0 radical (unpaired) electrons. The van der Waals surface area contributed by atoms with Crippen molar-refractivity contribution in [3.8, 4) is 11.5 Å². The van der Waals surface area contributed by atoms with Gasteiger partial charge in [-0.1, -0.05) is 6.07 Å². The van der Waals surface area contributed by atoms with Gasteiger partial charge in [-0.25, -0.2) is 0 Å². The first-order chi connectivity index (χ1) is 9.95. The van der Waals surface area contributed by atoms with Crippen molar-refractivity contribution in [3.05, 3.63) is 58.1 Å². The van der Waals surface area contributed by atoms with E-state index in [1.807, 2.05) is 25.1 Å². The third-order valence-corrected chi connectivity index (χ3v) is 5.01. The van der Waals surface area contributed by atoms with E-state index in [0.29, 0.717) is 17.2 Å². The zero-order valence-electron chi connectivity index (χ0n) is 11.0. The topological polar surface area (TPSA) is 73.6 Å². The van der Waals surface area contributed by atoms with Gasteiger partial charge in [0.25, 0.3) is 5.69 Å². The largest absolute Gasteiger partial charge is 0.417 e. The van der Waals surface area contributed by atoms with E-state index in [4.69, 9.17) is 20.9 Å². The zero-order valence-corrected chi connectivity index (χ0v) is 12.7. The molecule has 0 spiro atoms. The molecule has 21 heavy (non-hydrogen) atoms. The Bertz CT molecular complexity index is 763. The van der Waals surface area contributed by atoms with Gasteiger partial charge in [-0.3, -0.25) is 15.2 Å². The van der Waals surface area contributed by atoms with Crippen LogP contribution in [0.4, 0.5) is 11.4 Å². The lowest BCUT2D eigenvalue weighted by molar-refractivity contribution is -0.384. The smallest absolute Gasteiger partial charge is 0.392 e. The van der Waals surface area contributed by atoms with Crippen molar-refractivity contribution < 1.29 is 14.0 Å². The van der Waals surface area contributed by atoms with Gasteiger partial charge in [0.15, 0.2) is 11.5 Å². The van der Waals surface area contributed by atoms with E-state index >= 15 is 0 Å². The Kier molecular flexibility index (Phi) is 3.31. The normalized spacial score (nSPS) is 19.3. The highest BCUT2D eigenvalue weighted by molar-refractivity contribution is 8.11. The number of anilines is 1. The van der Waals surface area contributed by atoms with Crippen molar-refractivity contribution in [2.45, 2.75) is 6.92 Å². The summed E-state index contributed by atoms with van der Waals surface area (Å²) < 4.78 is 11.4. The third kappa shape index (κ3) is 2.84. The number of nitrogens with zero attached hydrogens (tertiary/aromatic N) is 1. The fourth-order valence-electron chi connectivity index (χ4n) is 1.90. The Hall–Kier alpha value is -2.11. The minimum absolute atomic E-state index is 0.0180. The van der Waals surface area contributed by atoms with Gasteiger partial charge in [0, 0.05) is 29.6 Å². The number of nitrogens with one attached hydrogen (secondary N) is 1. The number of hydrogen-bond donors (Lipinski definition) is 1. The Balaban J connectivity index is 1.80. The molecule has 1 aliphatic heterocycles. The van der Waals surface area contributed by atoms with E-state index in [2.05, 4.69) is 5.09 Å². The number of benzene rings is 2. The second-order valence-electron chi connectivity index (χ2n) is 4.55. The lowest BCUT2D eigenvalue weighted by Gasteiger charge is -2.16. The molecular weight excluding hydrogens is 311 g/mol. The molecule has 1 heterocycles. The molecule has 1 N–H and O–H groups in total. The maximum atomic E-state index is 10.6. The molecule has 0 saturated heterocycles. The number of rotatable bonds is 3. The first-order valence-electron chi connectivity index (χ1n) is 6.08. The maximum Gasteiger partial charge on any atom is 0.392 e. The molecule has 1 unspecified atom stereocenters. The molecule has 2 aromatic carbocycles. The molecule has 8 heteroatoms. The van der Waals surface area contributed by atoms with Crippen molar-refractivity contribution in [2.24, 2.45) is 0 Å². The lowest BCUT2D eigenvalue weighted by Crippen LogP contribution is -2.03. The van der Waals surface area contributed by atoms with Crippen LogP contribution in [0.2, 0.25) is 0 Å². The van der Waals surface area contributed by atoms with Gasteiger partial charge in [0.1, 0.15) is 0 Å². The molecule has 1 aliphatic rings. The first kappa shape index (κ1) is 13.9. The minimum atomic E-state index is -2.72. The second-order valence-corrected chi connectivity index (χ2v) is 7.57. The highest BCUT2D eigenvalue weighted by atomic mass is 32.5. The van der Waals surface area contributed by atoms with Crippen LogP contribution in [-0.2, 0) is 11.8 Å². The van der Waals surface area contributed by atoms with E-state index in [9.17, 15) is 10.1 Å². The van der Waals surface area contributed by atoms with Crippen molar-refractivity contribution in [3.63, 3.8) is 0 Å². The van der Waals surface area contributed by atoms with Crippen LogP contribution < -0.4 is 14.1 Å². The zero-order chi connectivity index (χ0) is 15.0. The summed E-state index contributed by atoms with van der Waals surface area (Å²) in [6.45, 7) is -0.765. The molecule has 0 aromatic heterocycles. The summed E-state index contributed by atoms with van der Waals surface area (Å²) in [7, 11) is 0. The molecule has 2 aromatic rings. The van der Waals surface area contributed by atoms with Crippen LogP contribution in [0, 0.1) is 17.0 Å². The molecule has 0 bridgehead atoms. The standard InChI is InChI=1S/C13H11N2O4PS/c1-9-2-7-12-13(8-9)19-20(21,18-12)14-10-3-5-11(6-4-10)15(16)17/h2-8H,1H3,(H,14,21). The Morgan fingerprint density at radius 3 is 2.48 bits per heavy atom. The van der Waals surface area contributed by atoms with Crippen LogP contribution in [0.1, 0.15) is 5.56 Å². The number of fused-ring (bicyclic) bond motifs is 1. The van der Waals surface area contributed by atoms with Crippen molar-refractivity contribution in [2.75, 3.05) is 5.09 Å². The summed E-state index contributed by atoms with van der Waals surface area (Å²) >= 11 is 5.40. The van der Waals surface area contributed by atoms with Gasteiger partial charge in [0.05, 0.1) is 4.92 Å². The Labute approximate surface area is 126 Å². The van der Waals surface area contributed by atoms with Crippen molar-refractivity contribution in [1.82, 2.24) is 0 Å². The molecule has 1 atom stereocenters. The third-order valence-electron chi connectivity index (χ3n) is 2.88. The van der Waals surface area contributed by atoms with Crippen LogP contribution in [-0.4, -0.2) is 4.92 Å². The van der Waals surface area contributed by atoms with Crippen molar-refractivity contribution in [1.29, 1.82) is 0 Å². The predicted molar refractivity (Wildman–Crippen MR) is 83.4 cm³/mol. The molecule has 3 rings (SSSR count). The van der Waals surface area contributed by atoms with Crippen molar-refractivity contribution >= 4 is 29.8 Å². The molecule has 0 saturated carbocycles. The molecule has 0 amide bonds. The van der Waals surface area contributed by atoms with Crippen LogP contribution >= 0.6 is 6.64 Å². The summed E-state index contributed by atoms with van der Waals surface area (Å²) in [5.74, 6) is 1.23. The molecule has 0 fully saturated rings. The second kappa shape index (κ2) is 5.02. The van der Waals surface area contributed by atoms with Crippen LogP contribution in [0.3, 0.4) is 0 Å². The lowest BCUT2D eigenvalue weighted by atomic mass is 10.2.